The van der Waals surface area contributed by atoms with E-state index in [2.05, 4.69) is 5.32 Å². The first-order chi connectivity index (χ1) is 13.1. The Kier molecular flexibility index (Phi) is 6.36. The van der Waals surface area contributed by atoms with Crippen LogP contribution in [0.1, 0.15) is 17.9 Å². The minimum absolute atomic E-state index is 0.00521. The van der Waals surface area contributed by atoms with Gasteiger partial charge >= 0.3 is 0 Å². The zero-order valence-electron chi connectivity index (χ0n) is 15.3. The molecule has 0 radical (unpaired) electrons. The first kappa shape index (κ1) is 19.3. The summed E-state index contributed by atoms with van der Waals surface area (Å²) < 4.78 is 10.6. The summed E-state index contributed by atoms with van der Waals surface area (Å²) in [5.41, 5.74) is 2.37. The normalized spacial score (nSPS) is 16.4. The second-order valence-electron chi connectivity index (χ2n) is 5.93. The lowest BCUT2D eigenvalue weighted by atomic mass is 10.1. The van der Waals surface area contributed by atoms with Crippen molar-refractivity contribution in [2.75, 3.05) is 36.3 Å². The number of benzene rings is 2. The van der Waals surface area contributed by atoms with Crippen LogP contribution >= 0.6 is 11.8 Å². The molecule has 3 rings (SSSR count). The number of methoxy groups -OCH3 is 1. The molecule has 1 aliphatic heterocycles. The largest absolute Gasteiger partial charge is 0.492 e. The zero-order chi connectivity index (χ0) is 19.2. The van der Waals surface area contributed by atoms with E-state index in [1.54, 1.807) is 16.7 Å². The van der Waals surface area contributed by atoms with E-state index < -0.39 is 0 Å². The smallest absolute Gasteiger partial charge is 0.250 e. The molecule has 1 N–H and O–H groups in total. The van der Waals surface area contributed by atoms with Gasteiger partial charge < -0.3 is 14.8 Å². The van der Waals surface area contributed by atoms with Crippen LogP contribution in [0.25, 0.3) is 0 Å². The van der Waals surface area contributed by atoms with Crippen LogP contribution in [0.15, 0.2) is 48.5 Å². The predicted octanol–water partition coefficient (Wildman–Crippen LogP) is 3.45. The second-order valence-corrected chi connectivity index (χ2v) is 7.00. The Morgan fingerprint density at radius 1 is 1.26 bits per heavy atom. The van der Waals surface area contributed by atoms with Gasteiger partial charge in [0.1, 0.15) is 17.7 Å². The maximum Gasteiger partial charge on any atom is 0.250 e. The van der Waals surface area contributed by atoms with Crippen molar-refractivity contribution in [3.05, 3.63) is 54.1 Å². The van der Waals surface area contributed by atoms with Gasteiger partial charge in [-0.1, -0.05) is 24.3 Å². The van der Waals surface area contributed by atoms with Crippen LogP contribution < -0.4 is 15.0 Å². The molecule has 0 aromatic heterocycles. The van der Waals surface area contributed by atoms with Gasteiger partial charge in [0.05, 0.1) is 18.0 Å². The molecule has 1 aliphatic rings. The highest BCUT2D eigenvalue weighted by Crippen LogP contribution is 2.45. The third-order valence-corrected chi connectivity index (χ3v) is 5.24. The van der Waals surface area contributed by atoms with Crippen LogP contribution in [0, 0.1) is 0 Å². The number of para-hydroxylation sites is 2. The molecule has 7 heteroatoms. The monoisotopic (exact) mass is 386 g/mol. The fraction of sp³-hybridized carbons (Fsp3) is 0.300. The van der Waals surface area contributed by atoms with Crippen LogP contribution in [0.4, 0.5) is 11.4 Å². The number of nitrogens with zero attached hydrogens (tertiary/aromatic N) is 1. The van der Waals surface area contributed by atoms with E-state index in [4.69, 9.17) is 9.47 Å². The van der Waals surface area contributed by atoms with Crippen LogP contribution in [-0.4, -0.2) is 37.9 Å². The lowest BCUT2D eigenvalue weighted by Crippen LogP contribution is -2.28. The van der Waals surface area contributed by atoms with Gasteiger partial charge in [0.15, 0.2) is 0 Å². The van der Waals surface area contributed by atoms with E-state index in [0.717, 1.165) is 11.3 Å². The summed E-state index contributed by atoms with van der Waals surface area (Å²) in [6.07, 6.45) is 0. The summed E-state index contributed by atoms with van der Waals surface area (Å²) in [6.45, 7) is 2.44. The minimum Gasteiger partial charge on any atom is -0.492 e. The number of amides is 2. The SMILES string of the molecule is CCOc1ccccc1N1C(=O)CS[C@@H]1c1cccc(NC(=O)COC)c1. The lowest BCUT2D eigenvalue weighted by Gasteiger charge is -2.26. The first-order valence-electron chi connectivity index (χ1n) is 8.68. The third-order valence-electron chi connectivity index (χ3n) is 4.02. The highest BCUT2D eigenvalue weighted by Gasteiger charge is 2.35. The molecular weight excluding hydrogens is 364 g/mol. The summed E-state index contributed by atoms with van der Waals surface area (Å²) in [7, 11) is 1.48. The lowest BCUT2D eigenvalue weighted by molar-refractivity contribution is -0.119. The Balaban J connectivity index is 1.90. The van der Waals surface area contributed by atoms with Crippen molar-refractivity contribution in [2.24, 2.45) is 0 Å². The molecule has 1 saturated heterocycles. The molecule has 2 amide bonds. The van der Waals surface area contributed by atoms with Gasteiger partial charge in [0, 0.05) is 12.8 Å². The summed E-state index contributed by atoms with van der Waals surface area (Å²) in [5.74, 6) is 0.894. The van der Waals surface area contributed by atoms with Crippen LogP contribution in [0.2, 0.25) is 0 Å². The Hall–Kier alpha value is -2.51. The Labute approximate surface area is 162 Å². The van der Waals surface area contributed by atoms with E-state index in [-0.39, 0.29) is 23.8 Å². The average molecular weight is 386 g/mol. The van der Waals surface area contributed by atoms with E-state index in [1.807, 2.05) is 55.5 Å². The van der Waals surface area contributed by atoms with Crippen LogP contribution in [0.5, 0.6) is 5.75 Å². The van der Waals surface area contributed by atoms with Crippen LogP contribution in [-0.2, 0) is 14.3 Å². The molecular formula is C20H22N2O4S. The number of hydrogen-bond acceptors (Lipinski definition) is 5. The minimum atomic E-state index is -0.219. The number of nitrogens with one attached hydrogen (secondary N) is 1. The van der Waals surface area contributed by atoms with Crippen molar-refractivity contribution in [2.45, 2.75) is 12.3 Å². The van der Waals surface area contributed by atoms with Crippen molar-refractivity contribution >= 4 is 35.0 Å². The van der Waals surface area contributed by atoms with Gasteiger partial charge in [-0.2, -0.15) is 0 Å². The highest BCUT2D eigenvalue weighted by molar-refractivity contribution is 8.00. The van der Waals surface area contributed by atoms with Gasteiger partial charge in [-0.25, -0.2) is 0 Å². The van der Waals surface area contributed by atoms with Gasteiger partial charge in [-0.3, -0.25) is 14.5 Å². The second kappa shape index (κ2) is 8.92. The number of hydrogen-bond donors (Lipinski definition) is 1. The molecule has 1 fully saturated rings. The van der Waals surface area contributed by atoms with Crippen molar-refractivity contribution in [1.82, 2.24) is 0 Å². The molecule has 2 aromatic rings. The van der Waals surface area contributed by atoms with E-state index in [9.17, 15) is 9.59 Å². The number of anilines is 2. The molecule has 1 atom stereocenters. The maximum absolute atomic E-state index is 12.6. The first-order valence-corrected chi connectivity index (χ1v) is 9.73. The van der Waals surface area contributed by atoms with Crippen molar-refractivity contribution in [1.29, 1.82) is 0 Å². The molecule has 0 aliphatic carbocycles. The molecule has 0 bridgehead atoms. The number of carbonyl (C=O) groups is 2. The summed E-state index contributed by atoms with van der Waals surface area (Å²) in [4.78, 5) is 26.2. The van der Waals surface area contributed by atoms with Gasteiger partial charge in [0.2, 0.25) is 11.8 Å². The van der Waals surface area contributed by atoms with Gasteiger partial charge in [-0.05, 0) is 36.8 Å². The third kappa shape index (κ3) is 4.43. The van der Waals surface area contributed by atoms with E-state index in [1.165, 1.54) is 7.11 Å². The zero-order valence-corrected chi connectivity index (χ0v) is 16.1. The number of thioether (sulfide) groups is 1. The molecule has 0 spiro atoms. The fourth-order valence-electron chi connectivity index (χ4n) is 2.96. The number of carbonyl (C=O) groups excluding carboxylic acids is 2. The molecule has 1 heterocycles. The maximum atomic E-state index is 12.6. The van der Waals surface area contributed by atoms with E-state index >= 15 is 0 Å². The van der Waals surface area contributed by atoms with E-state index in [0.29, 0.717) is 23.8 Å². The summed E-state index contributed by atoms with van der Waals surface area (Å²) in [6, 6.07) is 15.1. The Morgan fingerprint density at radius 3 is 2.85 bits per heavy atom. The molecule has 0 unspecified atom stereocenters. The van der Waals surface area contributed by atoms with Crippen molar-refractivity contribution < 1.29 is 19.1 Å². The summed E-state index contributed by atoms with van der Waals surface area (Å²) in [5, 5.41) is 2.62. The number of rotatable bonds is 7. The topological polar surface area (TPSA) is 67.9 Å². The molecule has 0 saturated carbocycles. The van der Waals surface area contributed by atoms with Crippen molar-refractivity contribution in [3.8, 4) is 5.75 Å². The van der Waals surface area contributed by atoms with Crippen LogP contribution in [0.3, 0.4) is 0 Å². The average Bonchev–Trinajstić information content (AvgIpc) is 3.04. The molecule has 27 heavy (non-hydrogen) atoms. The number of ether oxygens (including phenoxy) is 2. The molecule has 2 aromatic carbocycles. The van der Waals surface area contributed by atoms with Gasteiger partial charge in [0.25, 0.3) is 0 Å². The van der Waals surface area contributed by atoms with Gasteiger partial charge in [-0.15, -0.1) is 11.8 Å². The predicted molar refractivity (Wildman–Crippen MR) is 107 cm³/mol. The van der Waals surface area contributed by atoms with Crippen molar-refractivity contribution in [3.63, 3.8) is 0 Å². The quantitative estimate of drug-likeness (QED) is 0.789. The molecule has 6 nitrogen and oxygen atoms in total. The Bertz CT molecular complexity index is 827. The summed E-state index contributed by atoms with van der Waals surface area (Å²) >= 11 is 1.55. The highest BCUT2D eigenvalue weighted by atomic mass is 32.2. The Morgan fingerprint density at radius 2 is 2.07 bits per heavy atom. The standard InChI is InChI=1S/C20H22N2O4S/c1-3-26-17-10-5-4-9-16(17)22-19(24)13-27-20(22)14-7-6-8-15(11-14)21-18(23)12-25-2/h4-11,20H,3,12-13H2,1-2H3,(H,21,23)/t20-/m1/s1. The molecule has 142 valence electrons. The fourth-order valence-corrected chi connectivity index (χ4v) is 4.12.